The standard InChI is InChI=1S/C24H21F2N7O2/c25-15-5-7-32(12-19(15)34)13-3-4-20(27-8-13)31-17-10-28-22(14-9-30-24(35)21(14)17)18-11-29-23-16(26)2-1-6-33(18)23/h1-4,6,8,10-11,15,19,34H,5,7,9,12H2,(H,27,31)(H,30,35)/t15-,19-/m1/s1. The minimum Gasteiger partial charge on any atom is -0.388 e. The van der Waals surface area contributed by atoms with E-state index >= 15 is 0 Å². The maximum atomic E-state index is 14.1. The van der Waals surface area contributed by atoms with Gasteiger partial charge in [-0.05, 0) is 30.7 Å². The third-order valence-corrected chi connectivity index (χ3v) is 6.44. The Hall–Kier alpha value is -4.12. The number of alkyl halides is 1. The first-order valence-corrected chi connectivity index (χ1v) is 11.2. The number of hydrogen-bond acceptors (Lipinski definition) is 7. The molecule has 0 aromatic carbocycles. The van der Waals surface area contributed by atoms with Crippen LogP contribution in [-0.4, -0.2) is 55.7 Å². The van der Waals surface area contributed by atoms with Crippen LogP contribution in [0.4, 0.5) is 26.0 Å². The molecular formula is C24H21F2N7O2. The van der Waals surface area contributed by atoms with Crippen LogP contribution in [0.25, 0.3) is 17.0 Å². The highest BCUT2D eigenvalue weighted by molar-refractivity contribution is 6.05. The van der Waals surface area contributed by atoms with Crippen LogP contribution in [0.15, 0.2) is 49.1 Å². The summed E-state index contributed by atoms with van der Waals surface area (Å²) in [6.07, 6.45) is 4.48. The van der Waals surface area contributed by atoms with Crippen molar-refractivity contribution in [3.63, 3.8) is 0 Å². The number of amides is 1. The number of fused-ring (bicyclic) bond motifs is 2. The van der Waals surface area contributed by atoms with E-state index in [0.717, 1.165) is 5.69 Å². The lowest BCUT2D eigenvalue weighted by Gasteiger charge is -2.33. The molecule has 1 fully saturated rings. The van der Waals surface area contributed by atoms with Crippen LogP contribution in [-0.2, 0) is 6.54 Å². The number of hydrogen-bond donors (Lipinski definition) is 3. The van der Waals surface area contributed by atoms with Gasteiger partial charge in [-0.1, -0.05) is 0 Å². The van der Waals surface area contributed by atoms with Gasteiger partial charge in [0.25, 0.3) is 5.91 Å². The van der Waals surface area contributed by atoms with Gasteiger partial charge >= 0.3 is 0 Å². The second-order valence-corrected chi connectivity index (χ2v) is 8.59. The van der Waals surface area contributed by atoms with E-state index in [-0.39, 0.29) is 31.1 Å². The molecule has 0 unspecified atom stereocenters. The first-order valence-electron chi connectivity index (χ1n) is 11.2. The summed E-state index contributed by atoms with van der Waals surface area (Å²) >= 11 is 0. The number of anilines is 3. The molecule has 3 N–H and O–H groups in total. The van der Waals surface area contributed by atoms with Crippen molar-refractivity contribution < 1.29 is 18.7 Å². The number of aliphatic hydroxyl groups excluding tert-OH is 1. The quantitative estimate of drug-likeness (QED) is 0.415. The van der Waals surface area contributed by atoms with E-state index in [1.54, 1.807) is 41.3 Å². The average Bonchev–Trinajstić information content (AvgIpc) is 3.47. The van der Waals surface area contributed by atoms with Crippen LogP contribution in [0.5, 0.6) is 0 Å². The topological polar surface area (TPSA) is 108 Å². The predicted octanol–water partition coefficient (Wildman–Crippen LogP) is 2.83. The number of rotatable bonds is 4. The SMILES string of the molecule is O=C1NCc2c(-c3cnc4c(F)cccn34)ncc(Nc3ccc(N4CC[C@@H](F)[C@H](O)C4)cn3)c21. The molecule has 6 rings (SSSR count). The fourth-order valence-corrected chi connectivity index (χ4v) is 4.63. The molecule has 2 aliphatic rings. The van der Waals surface area contributed by atoms with Gasteiger partial charge in [0, 0.05) is 31.4 Å². The van der Waals surface area contributed by atoms with Crippen LogP contribution < -0.4 is 15.5 Å². The van der Waals surface area contributed by atoms with Crippen LogP contribution in [0.3, 0.4) is 0 Å². The normalized spacial score (nSPS) is 19.6. The monoisotopic (exact) mass is 477 g/mol. The lowest BCUT2D eigenvalue weighted by atomic mass is 10.1. The summed E-state index contributed by atoms with van der Waals surface area (Å²) in [4.78, 5) is 27.7. The predicted molar refractivity (Wildman–Crippen MR) is 125 cm³/mol. The van der Waals surface area contributed by atoms with E-state index in [4.69, 9.17) is 0 Å². The van der Waals surface area contributed by atoms with E-state index < -0.39 is 18.1 Å². The number of carbonyl (C=O) groups is 1. The van der Waals surface area contributed by atoms with Gasteiger partial charge in [-0.25, -0.2) is 18.7 Å². The van der Waals surface area contributed by atoms with Crippen molar-refractivity contribution in [2.24, 2.45) is 0 Å². The number of pyridine rings is 3. The molecule has 0 aliphatic carbocycles. The van der Waals surface area contributed by atoms with Gasteiger partial charge in [0.2, 0.25) is 0 Å². The molecule has 1 amide bonds. The Morgan fingerprint density at radius 3 is 2.83 bits per heavy atom. The summed E-state index contributed by atoms with van der Waals surface area (Å²) in [5.41, 5.74) is 3.71. The number of aromatic nitrogens is 4. The Morgan fingerprint density at radius 1 is 1.14 bits per heavy atom. The van der Waals surface area contributed by atoms with Crippen LogP contribution in [0, 0.1) is 5.82 Å². The number of piperidine rings is 1. The van der Waals surface area contributed by atoms with Crippen molar-refractivity contribution in [1.82, 2.24) is 24.7 Å². The molecule has 178 valence electrons. The van der Waals surface area contributed by atoms with E-state index in [1.165, 1.54) is 6.07 Å². The van der Waals surface area contributed by atoms with Crippen LogP contribution in [0.1, 0.15) is 22.3 Å². The molecular weight excluding hydrogens is 456 g/mol. The zero-order chi connectivity index (χ0) is 24.1. The third kappa shape index (κ3) is 3.64. The number of nitrogens with zero attached hydrogens (tertiary/aromatic N) is 5. The van der Waals surface area contributed by atoms with Gasteiger partial charge in [-0.3, -0.25) is 14.2 Å². The van der Waals surface area contributed by atoms with Crippen molar-refractivity contribution in [2.45, 2.75) is 25.2 Å². The van der Waals surface area contributed by atoms with E-state index in [1.807, 2.05) is 11.0 Å². The fourth-order valence-electron chi connectivity index (χ4n) is 4.63. The first-order chi connectivity index (χ1) is 17.0. The molecule has 0 bridgehead atoms. The summed E-state index contributed by atoms with van der Waals surface area (Å²) in [5, 5.41) is 15.8. The van der Waals surface area contributed by atoms with Gasteiger partial charge in [-0.15, -0.1) is 0 Å². The molecule has 6 heterocycles. The zero-order valence-electron chi connectivity index (χ0n) is 18.4. The number of halogens is 2. The molecule has 11 heteroatoms. The second kappa shape index (κ2) is 8.27. The highest BCUT2D eigenvalue weighted by atomic mass is 19.1. The molecule has 9 nitrogen and oxygen atoms in total. The van der Waals surface area contributed by atoms with Gasteiger partial charge in [0.1, 0.15) is 18.1 Å². The van der Waals surface area contributed by atoms with Crippen molar-refractivity contribution in [1.29, 1.82) is 0 Å². The largest absolute Gasteiger partial charge is 0.388 e. The van der Waals surface area contributed by atoms with Crippen molar-refractivity contribution in [3.8, 4) is 11.4 Å². The van der Waals surface area contributed by atoms with Crippen molar-refractivity contribution >= 4 is 28.7 Å². The molecule has 2 atom stereocenters. The lowest BCUT2D eigenvalue weighted by Crippen LogP contribution is -2.45. The summed E-state index contributed by atoms with van der Waals surface area (Å²) in [7, 11) is 0. The first kappa shape index (κ1) is 21.4. The second-order valence-electron chi connectivity index (χ2n) is 8.59. The third-order valence-electron chi connectivity index (χ3n) is 6.44. The summed E-state index contributed by atoms with van der Waals surface area (Å²) in [5.74, 6) is -0.185. The number of β-amino-alcohol motifs (C(OH)–C–C–N with tert-alkyl or cyclic N) is 1. The van der Waals surface area contributed by atoms with E-state index in [0.29, 0.717) is 40.6 Å². The Morgan fingerprint density at radius 2 is 2.03 bits per heavy atom. The summed E-state index contributed by atoms with van der Waals surface area (Å²) in [6, 6.07) is 6.51. The smallest absolute Gasteiger partial charge is 0.254 e. The molecule has 4 aromatic rings. The average molecular weight is 477 g/mol. The van der Waals surface area contributed by atoms with Gasteiger partial charge < -0.3 is 20.6 Å². The number of imidazole rings is 1. The maximum Gasteiger partial charge on any atom is 0.254 e. The minimum absolute atomic E-state index is 0.185. The van der Waals surface area contributed by atoms with E-state index in [9.17, 15) is 18.7 Å². The van der Waals surface area contributed by atoms with Crippen molar-refractivity contribution in [3.05, 3.63) is 66.0 Å². The molecule has 4 aromatic heterocycles. The molecule has 1 saturated heterocycles. The Labute approximate surface area is 198 Å². The molecule has 35 heavy (non-hydrogen) atoms. The van der Waals surface area contributed by atoms with Gasteiger partial charge in [-0.2, -0.15) is 0 Å². The van der Waals surface area contributed by atoms with Crippen LogP contribution in [0.2, 0.25) is 0 Å². The highest BCUT2D eigenvalue weighted by Crippen LogP contribution is 2.34. The lowest BCUT2D eigenvalue weighted by molar-refractivity contribution is 0.0645. The minimum atomic E-state index is -1.21. The molecule has 0 radical (unpaired) electrons. The number of carbonyl (C=O) groups excluding carboxylic acids is 1. The van der Waals surface area contributed by atoms with Crippen molar-refractivity contribution in [2.75, 3.05) is 23.3 Å². The van der Waals surface area contributed by atoms with Gasteiger partial charge in [0.15, 0.2) is 11.5 Å². The summed E-state index contributed by atoms with van der Waals surface area (Å²) in [6.45, 7) is 0.995. The Balaban J connectivity index is 1.30. The zero-order valence-corrected chi connectivity index (χ0v) is 18.4. The molecule has 2 aliphatic heterocycles. The van der Waals surface area contributed by atoms with Crippen LogP contribution >= 0.6 is 0 Å². The maximum absolute atomic E-state index is 14.1. The number of nitrogens with one attached hydrogen (secondary N) is 2. The van der Waals surface area contributed by atoms with E-state index in [2.05, 4.69) is 25.6 Å². The molecule has 0 saturated carbocycles. The Bertz CT molecular complexity index is 1440. The summed E-state index contributed by atoms with van der Waals surface area (Å²) < 4.78 is 29.3. The number of aliphatic hydroxyl groups is 1. The van der Waals surface area contributed by atoms with Gasteiger partial charge in [0.05, 0.1) is 46.9 Å². The fraction of sp³-hybridized carbons (Fsp3) is 0.250. The molecule has 0 spiro atoms. The highest BCUT2D eigenvalue weighted by Gasteiger charge is 2.29. The Kier molecular flexibility index (Phi) is 5.06.